The van der Waals surface area contributed by atoms with Crippen LogP contribution in [0.1, 0.15) is 36.0 Å². The fraction of sp³-hybridized carbons (Fsp3) is 0.286. The van der Waals surface area contributed by atoms with Gasteiger partial charge in [-0.1, -0.05) is 48.6 Å². The number of carbonyl (C=O) groups excluding carboxylic acids is 1. The number of thioether (sulfide) groups is 1. The van der Waals surface area contributed by atoms with Gasteiger partial charge in [0.15, 0.2) is 0 Å². The first-order chi connectivity index (χ1) is 12.2. The Hall–Kier alpha value is -2.22. The highest BCUT2D eigenvalue weighted by Gasteiger charge is 2.15. The molecule has 0 bridgehead atoms. The number of rotatable bonds is 7. The summed E-state index contributed by atoms with van der Waals surface area (Å²) in [6.07, 6.45) is 5.61. The van der Waals surface area contributed by atoms with E-state index < -0.39 is 0 Å². The van der Waals surface area contributed by atoms with E-state index in [1.165, 1.54) is 17.3 Å². The molecule has 0 saturated carbocycles. The Bertz CT molecular complexity index is 717. The second kappa shape index (κ2) is 10.6. The predicted molar refractivity (Wildman–Crippen MR) is 104 cm³/mol. The zero-order valence-corrected chi connectivity index (χ0v) is 15.2. The van der Waals surface area contributed by atoms with Gasteiger partial charge < -0.3 is 0 Å². The maximum Gasteiger partial charge on any atom is 0.256 e. The SMILES string of the molecule is CSC(CCCCc1ccc(C#Cc2ccccc2)cc1)C(=O)NO. The first-order valence-electron chi connectivity index (χ1n) is 8.35. The van der Waals surface area contributed by atoms with Crippen molar-refractivity contribution in [3.05, 3.63) is 71.3 Å². The second-order valence-corrected chi connectivity index (χ2v) is 6.80. The fourth-order valence-electron chi connectivity index (χ4n) is 2.51. The molecule has 1 atom stereocenters. The molecule has 2 aromatic rings. The highest BCUT2D eigenvalue weighted by molar-refractivity contribution is 7.99. The summed E-state index contributed by atoms with van der Waals surface area (Å²) in [5, 5.41) is 8.51. The molecule has 4 heteroatoms. The van der Waals surface area contributed by atoms with Gasteiger partial charge in [-0.15, -0.1) is 0 Å². The van der Waals surface area contributed by atoms with Gasteiger partial charge in [0.1, 0.15) is 0 Å². The summed E-state index contributed by atoms with van der Waals surface area (Å²) in [7, 11) is 0. The third kappa shape index (κ3) is 6.66. The van der Waals surface area contributed by atoms with Crippen molar-refractivity contribution in [1.82, 2.24) is 5.48 Å². The van der Waals surface area contributed by atoms with E-state index in [9.17, 15) is 4.79 Å². The molecule has 1 unspecified atom stereocenters. The Morgan fingerprint density at radius 3 is 2.28 bits per heavy atom. The first-order valence-corrected chi connectivity index (χ1v) is 9.64. The van der Waals surface area contributed by atoms with Gasteiger partial charge in [-0.25, -0.2) is 5.48 Å². The summed E-state index contributed by atoms with van der Waals surface area (Å²) in [5.74, 6) is 6.02. The van der Waals surface area contributed by atoms with Crippen LogP contribution in [0.4, 0.5) is 0 Å². The number of unbranched alkanes of at least 4 members (excludes halogenated alkanes) is 1. The molecule has 2 aromatic carbocycles. The minimum atomic E-state index is -0.311. The number of aryl methyl sites for hydroxylation is 1. The predicted octanol–water partition coefficient (Wildman–Crippen LogP) is 4.04. The summed E-state index contributed by atoms with van der Waals surface area (Å²) in [6, 6.07) is 18.3. The van der Waals surface area contributed by atoms with Gasteiger partial charge in [-0.3, -0.25) is 10.0 Å². The highest BCUT2D eigenvalue weighted by atomic mass is 32.2. The molecule has 2 N–H and O–H groups in total. The number of amides is 1. The summed E-state index contributed by atoms with van der Waals surface area (Å²) in [5.41, 5.74) is 5.03. The lowest BCUT2D eigenvalue weighted by molar-refractivity contribution is -0.128. The quantitative estimate of drug-likeness (QED) is 0.342. The van der Waals surface area contributed by atoms with Gasteiger partial charge >= 0.3 is 0 Å². The van der Waals surface area contributed by atoms with Crippen molar-refractivity contribution < 1.29 is 10.0 Å². The Kier molecular flexibility index (Phi) is 8.11. The third-order valence-corrected chi connectivity index (χ3v) is 4.97. The fourth-order valence-corrected chi connectivity index (χ4v) is 3.18. The number of hydrogen-bond donors (Lipinski definition) is 2. The van der Waals surface area contributed by atoms with Crippen molar-refractivity contribution in [2.75, 3.05) is 6.26 Å². The molecule has 130 valence electrons. The van der Waals surface area contributed by atoms with E-state index in [0.29, 0.717) is 0 Å². The second-order valence-electron chi connectivity index (χ2n) is 5.76. The molecule has 0 aliphatic heterocycles. The van der Waals surface area contributed by atoms with Crippen LogP contribution in [0.5, 0.6) is 0 Å². The van der Waals surface area contributed by atoms with E-state index in [0.717, 1.165) is 36.8 Å². The van der Waals surface area contributed by atoms with E-state index in [1.807, 2.05) is 36.6 Å². The minimum absolute atomic E-state index is 0.180. The Morgan fingerprint density at radius 1 is 1.04 bits per heavy atom. The van der Waals surface area contributed by atoms with Crippen molar-refractivity contribution >= 4 is 17.7 Å². The van der Waals surface area contributed by atoms with Crippen LogP contribution in [0.2, 0.25) is 0 Å². The van der Waals surface area contributed by atoms with Crippen LogP contribution in [0, 0.1) is 11.8 Å². The van der Waals surface area contributed by atoms with E-state index in [1.54, 1.807) is 5.48 Å². The van der Waals surface area contributed by atoms with Crippen LogP contribution in [-0.4, -0.2) is 22.6 Å². The Labute approximate surface area is 153 Å². The molecular weight excluding hydrogens is 330 g/mol. The normalized spacial score (nSPS) is 11.3. The van der Waals surface area contributed by atoms with Crippen molar-refractivity contribution in [2.24, 2.45) is 0 Å². The van der Waals surface area contributed by atoms with Crippen molar-refractivity contribution in [3.63, 3.8) is 0 Å². The molecule has 0 aromatic heterocycles. The van der Waals surface area contributed by atoms with Crippen LogP contribution in [0.25, 0.3) is 0 Å². The lowest BCUT2D eigenvalue weighted by atomic mass is 10.0. The maximum absolute atomic E-state index is 11.4. The van der Waals surface area contributed by atoms with Crippen LogP contribution < -0.4 is 5.48 Å². The molecule has 0 aliphatic carbocycles. The van der Waals surface area contributed by atoms with Crippen LogP contribution in [-0.2, 0) is 11.2 Å². The minimum Gasteiger partial charge on any atom is -0.289 e. The summed E-state index contributed by atoms with van der Waals surface area (Å²) in [6.45, 7) is 0. The standard InChI is InChI=1S/C21H23NO2S/c1-25-20(21(23)22-24)10-6-5-9-18-12-15-19(16-13-18)14-11-17-7-3-2-4-8-17/h2-4,7-8,12-13,15-16,20,24H,5-6,9-10H2,1H3,(H,22,23). The highest BCUT2D eigenvalue weighted by Crippen LogP contribution is 2.16. The number of nitrogens with one attached hydrogen (secondary N) is 1. The number of hydrogen-bond acceptors (Lipinski definition) is 3. The van der Waals surface area contributed by atoms with Gasteiger partial charge in [0, 0.05) is 11.1 Å². The van der Waals surface area contributed by atoms with Gasteiger partial charge in [0.2, 0.25) is 0 Å². The summed E-state index contributed by atoms with van der Waals surface area (Å²) < 4.78 is 0. The van der Waals surface area contributed by atoms with E-state index >= 15 is 0 Å². The van der Waals surface area contributed by atoms with E-state index in [4.69, 9.17) is 5.21 Å². The summed E-state index contributed by atoms with van der Waals surface area (Å²) in [4.78, 5) is 11.4. The first kappa shape index (κ1) is 19.1. The van der Waals surface area contributed by atoms with E-state index in [-0.39, 0.29) is 11.2 Å². The zero-order valence-electron chi connectivity index (χ0n) is 14.4. The zero-order chi connectivity index (χ0) is 17.9. The molecule has 0 saturated heterocycles. The van der Waals surface area contributed by atoms with Crippen LogP contribution in [0.15, 0.2) is 54.6 Å². The molecule has 0 fully saturated rings. The molecule has 0 aliphatic rings. The Balaban J connectivity index is 1.79. The molecule has 0 radical (unpaired) electrons. The molecule has 3 nitrogen and oxygen atoms in total. The average Bonchev–Trinajstić information content (AvgIpc) is 2.67. The largest absolute Gasteiger partial charge is 0.289 e. The lowest BCUT2D eigenvalue weighted by Crippen LogP contribution is -2.29. The van der Waals surface area contributed by atoms with Gasteiger partial charge in [0.05, 0.1) is 5.25 Å². The number of hydroxylamine groups is 1. The van der Waals surface area contributed by atoms with Crippen LogP contribution in [0.3, 0.4) is 0 Å². The molecule has 1 amide bonds. The van der Waals surface area contributed by atoms with Gasteiger partial charge in [-0.2, -0.15) is 11.8 Å². The molecule has 0 spiro atoms. The van der Waals surface area contributed by atoms with Crippen LogP contribution >= 0.6 is 11.8 Å². The third-order valence-electron chi connectivity index (χ3n) is 3.95. The molecular formula is C21H23NO2S. The van der Waals surface area contributed by atoms with Crippen molar-refractivity contribution in [1.29, 1.82) is 0 Å². The maximum atomic E-state index is 11.4. The van der Waals surface area contributed by atoms with E-state index in [2.05, 4.69) is 36.1 Å². The summed E-state index contributed by atoms with van der Waals surface area (Å²) >= 11 is 1.47. The number of carbonyl (C=O) groups is 1. The topological polar surface area (TPSA) is 49.3 Å². The Morgan fingerprint density at radius 2 is 1.68 bits per heavy atom. The molecule has 0 heterocycles. The van der Waals surface area contributed by atoms with Crippen molar-refractivity contribution in [3.8, 4) is 11.8 Å². The molecule has 25 heavy (non-hydrogen) atoms. The number of benzene rings is 2. The molecule has 2 rings (SSSR count). The average molecular weight is 353 g/mol. The monoisotopic (exact) mass is 353 g/mol. The lowest BCUT2D eigenvalue weighted by Gasteiger charge is -2.11. The van der Waals surface area contributed by atoms with Gasteiger partial charge in [0.25, 0.3) is 5.91 Å². The smallest absolute Gasteiger partial charge is 0.256 e. The van der Waals surface area contributed by atoms with Gasteiger partial charge in [-0.05, 0) is 55.3 Å². The van der Waals surface area contributed by atoms with Crippen molar-refractivity contribution in [2.45, 2.75) is 30.9 Å².